The van der Waals surface area contributed by atoms with Gasteiger partial charge in [0.25, 0.3) is 0 Å². The minimum Gasteiger partial charge on any atom is -0.463 e. The van der Waals surface area contributed by atoms with E-state index >= 15 is 0 Å². The van der Waals surface area contributed by atoms with Crippen LogP contribution in [0.25, 0.3) is 0 Å². The molecule has 0 aromatic carbocycles. The molecule has 0 saturated carbocycles. The highest BCUT2D eigenvalue weighted by molar-refractivity contribution is 5.81. The van der Waals surface area contributed by atoms with E-state index in [4.69, 9.17) is 9.47 Å². The summed E-state index contributed by atoms with van der Waals surface area (Å²) in [6.07, 6.45) is 1.85. The molecule has 0 atom stereocenters. The first kappa shape index (κ1) is 14.9. The van der Waals surface area contributed by atoms with Crippen LogP contribution in [0.3, 0.4) is 0 Å². The first-order valence-corrected chi connectivity index (χ1v) is 5.62. The van der Waals surface area contributed by atoms with Crippen molar-refractivity contribution in [1.29, 1.82) is 0 Å². The molecule has 0 fully saturated rings. The number of rotatable bonds is 6. The van der Waals surface area contributed by atoms with E-state index in [2.05, 4.69) is 13.8 Å². The minimum atomic E-state index is -1.19. The number of esters is 2. The van der Waals surface area contributed by atoms with E-state index in [-0.39, 0.29) is 0 Å². The van der Waals surface area contributed by atoms with Gasteiger partial charge in [0.15, 0.2) is 0 Å². The number of hydrogen-bond acceptors (Lipinski definition) is 4. The molecular weight excluding hydrogens is 208 g/mol. The molecule has 0 heterocycles. The summed E-state index contributed by atoms with van der Waals surface area (Å²) in [6.45, 7) is 8.93. The lowest BCUT2D eigenvalue weighted by molar-refractivity contribution is -0.177. The maximum atomic E-state index is 11.5. The fraction of sp³-hybridized carbons (Fsp3) is 0.833. The highest BCUT2D eigenvalue weighted by Crippen LogP contribution is 2.12. The fourth-order valence-electron chi connectivity index (χ4n) is 1.23. The molecule has 16 heavy (non-hydrogen) atoms. The van der Waals surface area contributed by atoms with Gasteiger partial charge in [0.2, 0.25) is 5.60 Å². The van der Waals surface area contributed by atoms with E-state index in [0.717, 1.165) is 12.8 Å². The summed E-state index contributed by atoms with van der Waals surface area (Å²) in [5, 5.41) is 0. The van der Waals surface area contributed by atoms with Crippen molar-refractivity contribution in [3.63, 3.8) is 0 Å². The number of carbonyl (C=O) groups is 2. The van der Waals surface area contributed by atoms with Crippen LogP contribution in [0.4, 0.5) is 0 Å². The summed E-state index contributed by atoms with van der Waals surface area (Å²) < 4.78 is 9.91. The zero-order valence-corrected chi connectivity index (χ0v) is 10.8. The predicted molar refractivity (Wildman–Crippen MR) is 60.9 cm³/mol. The Kier molecular flexibility index (Phi) is 6.08. The Balaban J connectivity index is 3.91. The van der Waals surface area contributed by atoms with Crippen molar-refractivity contribution in [2.75, 3.05) is 6.61 Å². The smallest absolute Gasteiger partial charge is 0.350 e. The number of carbonyl (C=O) groups excluding carboxylic acids is 2. The number of hydrogen-bond donors (Lipinski definition) is 0. The predicted octanol–water partition coefficient (Wildman–Crippen LogP) is 2.31. The van der Waals surface area contributed by atoms with Crippen LogP contribution in [-0.2, 0) is 19.1 Å². The van der Waals surface area contributed by atoms with Crippen LogP contribution >= 0.6 is 0 Å². The summed E-state index contributed by atoms with van der Waals surface area (Å²) >= 11 is 0. The van der Waals surface area contributed by atoms with Gasteiger partial charge in [-0.2, -0.15) is 0 Å². The monoisotopic (exact) mass is 230 g/mol. The molecule has 0 aliphatic rings. The first-order chi connectivity index (χ1) is 7.25. The molecule has 0 radical (unpaired) electrons. The molecule has 0 bridgehead atoms. The van der Waals surface area contributed by atoms with Crippen molar-refractivity contribution in [3.05, 3.63) is 0 Å². The highest BCUT2D eigenvalue weighted by Gasteiger charge is 2.32. The van der Waals surface area contributed by atoms with Crippen molar-refractivity contribution < 1.29 is 19.1 Å². The van der Waals surface area contributed by atoms with Gasteiger partial charge in [0.05, 0.1) is 6.61 Å². The molecule has 0 aromatic rings. The molecule has 0 rings (SSSR count). The summed E-state index contributed by atoms with van der Waals surface area (Å²) in [5.74, 6) is -0.379. The second-order valence-electron chi connectivity index (χ2n) is 4.78. The van der Waals surface area contributed by atoms with Gasteiger partial charge in [-0.25, -0.2) is 4.79 Å². The molecule has 94 valence electrons. The molecule has 0 aliphatic heterocycles. The summed E-state index contributed by atoms with van der Waals surface area (Å²) in [5.41, 5.74) is -1.19. The third kappa shape index (κ3) is 6.43. The third-order valence-corrected chi connectivity index (χ3v) is 2.05. The maximum Gasteiger partial charge on any atom is 0.350 e. The van der Waals surface area contributed by atoms with Crippen LogP contribution in [-0.4, -0.2) is 24.1 Å². The van der Waals surface area contributed by atoms with Gasteiger partial charge in [-0.05, 0) is 32.6 Å². The third-order valence-electron chi connectivity index (χ3n) is 2.05. The Morgan fingerprint density at radius 3 is 2.25 bits per heavy atom. The maximum absolute atomic E-state index is 11.5. The Morgan fingerprint density at radius 1 is 1.25 bits per heavy atom. The molecule has 4 heteroatoms. The average Bonchev–Trinajstić information content (AvgIpc) is 2.09. The van der Waals surface area contributed by atoms with Crippen LogP contribution in [0.5, 0.6) is 0 Å². The zero-order valence-electron chi connectivity index (χ0n) is 10.8. The van der Waals surface area contributed by atoms with Crippen molar-refractivity contribution in [2.24, 2.45) is 5.92 Å². The van der Waals surface area contributed by atoms with Crippen molar-refractivity contribution >= 4 is 11.9 Å². The molecule has 0 aromatic heterocycles. The van der Waals surface area contributed by atoms with E-state index in [1.165, 1.54) is 20.8 Å². The summed E-state index contributed by atoms with van der Waals surface area (Å²) in [7, 11) is 0. The lowest BCUT2D eigenvalue weighted by atomic mass is 10.1. The zero-order chi connectivity index (χ0) is 12.8. The van der Waals surface area contributed by atoms with Crippen LogP contribution in [0.1, 0.15) is 47.5 Å². The van der Waals surface area contributed by atoms with Crippen LogP contribution in [0, 0.1) is 5.92 Å². The fourth-order valence-corrected chi connectivity index (χ4v) is 1.23. The lowest BCUT2D eigenvalue weighted by Gasteiger charge is -2.22. The van der Waals surface area contributed by atoms with Gasteiger partial charge in [-0.15, -0.1) is 0 Å². The van der Waals surface area contributed by atoms with E-state index in [1.54, 1.807) is 0 Å². The van der Waals surface area contributed by atoms with Crippen molar-refractivity contribution in [2.45, 2.75) is 53.1 Å². The van der Waals surface area contributed by atoms with Crippen LogP contribution in [0.15, 0.2) is 0 Å². The molecule has 0 N–H and O–H groups in total. The largest absolute Gasteiger partial charge is 0.463 e. The first-order valence-electron chi connectivity index (χ1n) is 5.62. The quantitative estimate of drug-likeness (QED) is 0.519. The molecule has 0 amide bonds. The minimum absolute atomic E-state index is 0.377. The van der Waals surface area contributed by atoms with Crippen LogP contribution in [0.2, 0.25) is 0 Å². The molecule has 0 aliphatic carbocycles. The molecule has 0 saturated heterocycles. The standard InChI is InChI=1S/C12H22O4/c1-9(2)7-6-8-15-11(14)12(4,5)16-10(3)13/h9H,6-8H2,1-5H3. The normalized spacial score (nSPS) is 11.4. The van der Waals surface area contributed by atoms with E-state index in [9.17, 15) is 9.59 Å². The van der Waals surface area contributed by atoms with Crippen molar-refractivity contribution in [1.82, 2.24) is 0 Å². The van der Waals surface area contributed by atoms with Gasteiger partial charge < -0.3 is 9.47 Å². The second kappa shape index (κ2) is 6.51. The summed E-state index contributed by atoms with van der Waals surface area (Å²) in [6, 6.07) is 0. The molecule has 0 unspecified atom stereocenters. The average molecular weight is 230 g/mol. The van der Waals surface area contributed by atoms with Gasteiger partial charge >= 0.3 is 11.9 Å². The van der Waals surface area contributed by atoms with Gasteiger partial charge in [-0.1, -0.05) is 13.8 Å². The topological polar surface area (TPSA) is 52.6 Å². The second-order valence-corrected chi connectivity index (χ2v) is 4.78. The highest BCUT2D eigenvalue weighted by atomic mass is 16.6. The van der Waals surface area contributed by atoms with Gasteiger partial charge in [0.1, 0.15) is 0 Å². The Hall–Kier alpha value is -1.06. The lowest BCUT2D eigenvalue weighted by Crippen LogP contribution is -2.38. The SMILES string of the molecule is CC(=O)OC(C)(C)C(=O)OCCCC(C)C. The molecule has 0 spiro atoms. The van der Waals surface area contributed by atoms with Gasteiger partial charge in [-0.3, -0.25) is 4.79 Å². The number of ether oxygens (including phenoxy) is 2. The Bertz CT molecular complexity index is 243. The summed E-state index contributed by atoms with van der Waals surface area (Å²) in [4.78, 5) is 22.3. The van der Waals surface area contributed by atoms with Crippen molar-refractivity contribution in [3.8, 4) is 0 Å². The van der Waals surface area contributed by atoms with E-state index in [0.29, 0.717) is 12.5 Å². The molecule has 4 nitrogen and oxygen atoms in total. The Morgan fingerprint density at radius 2 is 1.81 bits per heavy atom. The van der Waals surface area contributed by atoms with Crippen LogP contribution < -0.4 is 0 Å². The molecular formula is C12H22O4. The Labute approximate surface area is 97.3 Å². The van der Waals surface area contributed by atoms with E-state index in [1.807, 2.05) is 0 Å². The van der Waals surface area contributed by atoms with Gasteiger partial charge in [0, 0.05) is 6.92 Å². The van der Waals surface area contributed by atoms with E-state index < -0.39 is 17.5 Å².